The first kappa shape index (κ1) is 131. The van der Waals surface area contributed by atoms with Crippen molar-refractivity contribution in [1.29, 1.82) is 0 Å². The quantitative estimate of drug-likeness (QED) is 0.00914. The minimum absolute atomic E-state index is 0.0347. The molecule has 2 aliphatic heterocycles. The largest absolute Gasteiger partial charge is 0.744 e. The lowest BCUT2D eigenvalue weighted by atomic mass is 9.77. The van der Waals surface area contributed by atoms with Gasteiger partial charge in [-0.05, 0) is 124 Å². The molecular formula is C74H120N2O30S2. The minimum atomic E-state index is -4.91. The van der Waals surface area contributed by atoms with E-state index in [1.54, 1.807) is 28.9 Å². The number of unbranched alkanes of at least 4 members (excludes halogenated alkanes) is 2. The van der Waals surface area contributed by atoms with E-state index in [2.05, 4.69) is 323 Å². The van der Waals surface area contributed by atoms with Gasteiger partial charge >= 0.3 is 5.97 Å². The third-order valence-corrected chi connectivity index (χ3v) is 12.1. The number of allylic oxidation sites excluding steroid dienone is 4. The summed E-state index contributed by atoms with van der Waals surface area (Å²) in [4.78, 5) is 30.7. The van der Waals surface area contributed by atoms with Gasteiger partial charge in [-0.25, -0.2) is 8.42 Å². The number of hydrogen-bond acceptors (Lipinski definition) is 29. The van der Waals surface area contributed by atoms with Gasteiger partial charge in [-0.1, -0.05) is 12.5 Å². The molecule has 2 aromatic rings. The van der Waals surface area contributed by atoms with Gasteiger partial charge in [0.25, 0.3) is 10.1 Å². The highest BCUT2D eigenvalue weighted by Crippen LogP contribution is 2.51. The highest BCUT2D eigenvalue weighted by atomic mass is 32.2. The summed E-state index contributed by atoms with van der Waals surface area (Å²) in [5.74, 6) is -0.941. The lowest BCUT2D eigenvalue weighted by molar-refractivity contribution is -0.843. The van der Waals surface area contributed by atoms with Crippen molar-refractivity contribution in [2.24, 2.45) is 0 Å². The molecule has 0 bridgehead atoms. The maximum atomic E-state index is 12.4. The molecule has 108 heavy (non-hydrogen) atoms. The van der Waals surface area contributed by atoms with Crippen LogP contribution in [0.1, 0.15) is 70.4 Å². The molecule has 2 heterocycles. The van der Waals surface area contributed by atoms with Gasteiger partial charge in [0, 0.05) is 94.4 Å². The Labute approximate surface area is 642 Å². The zero-order chi connectivity index (χ0) is 87.9. The number of anilines is 1. The van der Waals surface area contributed by atoms with Gasteiger partial charge in [0.2, 0.25) is 5.69 Å². The highest BCUT2D eigenvalue weighted by molar-refractivity contribution is 7.86. The summed E-state index contributed by atoms with van der Waals surface area (Å²) >= 11 is 0. The number of nitrogens with zero attached hydrogens (tertiary/aromatic N) is 2. The predicted molar refractivity (Wildman–Crippen MR) is 421 cm³/mol. The van der Waals surface area contributed by atoms with Crippen LogP contribution in [0, 0.1) is 0 Å². The van der Waals surface area contributed by atoms with Crippen molar-refractivity contribution in [3.05, 3.63) is 320 Å². The zero-order valence-electron chi connectivity index (χ0n) is 63.9. The topological polar surface area (TPSA) is 358 Å². The van der Waals surface area contributed by atoms with Crippen molar-refractivity contribution in [3.8, 4) is 0 Å². The van der Waals surface area contributed by atoms with Gasteiger partial charge in [-0.2, -0.15) is 22.8 Å². The van der Waals surface area contributed by atoms with Gasteiger partial charge in [-0.3, -0.25) is 9.35 Å². The van der Waals surface area contributed by atoms with Crippen molar-refractivity contribution < 1.29 is 150 Å². The van der Waals surface area contributed by atoms with Crippen LogP contribution in [0.5, 0.6) is 0 Å². The summed E-state index contributed by atoms with van der Waals surface area (Å²) in [5.41, 5.74) is 1.49. The van der Waals surface area contributed by atoms with Crippen molar-refractivity contribution in [2.45, 2.75) is 79.9 Å². The van der Waals surface area contributed by atoms with Crippen molar-refractivity contribution in [2.75, 3.05) is 52.2 Å². The molecule has 1 atom stereocenters. The zero-order valence-corrected chi connectivity index (χ0v) is 65.5. The molecule has 618 valence electrons. The van der Waals surface area contributed by atoms with E-state index in [1.165, 1.54) is 44.6 Å². The first-order valence-electron chi connectivity index (χ1n) is 29.7. The molecule has 0 saturated carbocycles. The summed E-state index contributed by atoms with van der Waals surface area (Å²) in [6.07, 6.45) is 11.4. The Morgan fingerprint density at radius 2 is 0.898 bits per heavy atom. The SMILES string of the molecule is C=C.C=C.C=C.C=C.C=C.C=C.C=C.C=C.C=C.C=C.C=C.C=C.C=C.C=C.C=C.C=C.C=C.CO/C=C/OOOOOOOOOCOCCCC1(C)C(=CC=CC2=[N+](CCOOOOOOOOOO/C=C/OC)c3ccc(S(=O)(=O)O)cc3C2(C)C)N(CCCCCC(=O)O)c2ccc(S(=O)(=O)[O-])cc21. The fourth-order valence-corrected chi connectivity index (χ4v) is 8.40. The molecule has 4 rings (SSSR count). The lowest BCUT2D eigenvalue weighted by Gasteiger charge is -2.30. The first-order chi connectivity index (χ1) is 52.5. The van der Waals surface area contributed by atoms with Crippen LogP contribution in [0.4, 0.5) is 11.4 Å². The van der Waals surface area contributed by atoms with E-state index in [0.717, 1.165) is 25.0 Å². The van der Waals surface area contributed by atoms with Gasteiger partial charge in [-0.15, -0.1) is 224 Å². The maximum absolute atomic E-state index is 12.4. The van der Waals surface area contributed by atoms with Gasteiger partial charge in [0.1, 0.15) is 29.2 Å². The third-order valence-electron chi connectivity index (χ3n) is 10.5. The van der Waals surface area contributed by atoms with Gasteiger partial charge in [0.15, 0.2) is 31.6 Å². The number of carboxylic acid groups (broad SMARTS) is 1. The van der Waals surface area contributed by atoms with Crippen LogP contribution in [0.15, 0.2) is 319 Å². The Hall–Kier alpha value is -9.78. The van der Waals surface area contributed by atoms with E-state index >= 15 is 0 Å². The molecule has 34 heteroatoms. The average Bonchev–Trinajstić information content (AvgIpc) is 1.59. The normalized spacial score (nSPS) is 12.3. The number of ether oxygens (including phenoxy) is 3. The second-order valence-corrected chi connectivity index (χ2v) is 18.1. The molecule has 0 spiro atoms. The first-order valence-corrected chi connectivity index (χ1v) is 32.6. The van der Waals surface area contributed by atoms with Crippen LogP contribution < -0.4 is 4.90 Å². The van der Waals surface area contributed by atoms with E-state index in [-0.39, 0.29) is 31.1 Å². The molecule has 0 saturated heterocycles. The highest BCUT2D eigenvalue weighted by Gasteiger charge is 2.46. The Balaban J connectivity index is -0.000000190. The standard InChI is InChI=1S/C40H52N2O30S2.17C2H4/c1-39(2)32-27-30(73(45,46)47)14-16-34(32)42(20-22-54-58-62-66-71-72-68-64-60-56-26-24-52-5)36(39)11-9-12-37-40(3,18-10-21-53-29-57-61-65-69-70-67-63-59-55-25-23-51-4)33-28-31(74(48,49)50)15-17-35(33)41(37)19-8-6-7-13-38(43)44;17*1-2/h9,11-12,14-17,23-28H,6-8,10,13,18-22,29H2,1-5H3,(H2-,43,44,45,46,47,48,49,50);17*1-2H2/b25-23+,26-24+;;;;;;;;;;;;;;;;;. The molecular weight excluding hydrogens is 1460 g/mol. The number of aliphatic carboxylic acids is 1. The molecule has 1 unspecified atom stereocenters. The summed E-state index contributed by atoms with van der Waals surface area (Å²) in [6.45, 7) is 107. The fraction of sp³-hybridized carbons (Fsp3) is 0.243. The fourth-order valence-electron chi connectivity index (χ4n) is 7.40. The summed E-state index contributed by atoms with van der Waals surface area (Å²) in [7, 11) is -6.82. The van der Waals surface area contributed by atoms with Crippen LogP contribution >= 0.6 is 0 Å². The minimum Gasteiger partial charge on any atom is -0.744 e. The number of carboxylic acids is 1. The van der Waals surface area contributed by atoms with Gasteiger partial charge in [0.05, 0.1) is 29.4 Å². The monoisotopic (exact) mass is 1580 g/mol. The van der Waals surface area contributed by atoms with E-state index in [0.29, 0.717) is 72.6 Å². The molecule has 0 radical (unpaired) electrons. The second kappa shape index (κ2) is 104. The van der Waals surface area contributed by atoms with Crippen molar-refractivity contribution >= 4 is 43.3 Å². The van der Waals surface area contributed by atoms with E-state index in [9.17, 15) is 35.8 Å². The smallest absolute Gasteiger partial charge is 0.303 e. The van der Waals surface area contributed by atoms with E-state index in [1.807, 2.05) is 25.7 Å². The van der Waals surface area contributed by atoms with E-state index < -0.39 is 48.7 Å². The van der Waals surface area contributed by atoms with Crippen molar-refractivity contribution in [3.63, 3.8) is 0 Å². The summed E-state index contributed by atoms with van der Waals surface area (Å²) in [5, 5.41) is 69.7. The number of methoxy groups -OCH3 is 2. The predicted octanol–water partition coefficient (Wildman–Crippen LogP) is 18.6. The summed E-state index contributed by atoms with van der Waals surface area (Å²) in [6, 6.07) is 8.17. The summed E-state index contributed by atoms with van der Waals surface area (Å²) < 4.78 is 87.9. The molecule has 2 aliphatic rings. The Morgan fingerprint density at radius 1 is 0.500 bits per heavy atom. The third kappa shape index (κ3) is 63.5. The Kier molecular flexibility index (Phi) is 126. The molecule has 32 nitrogen and oxygen atoms in total. The van der Waals surface area contributed by atoms with E-state index in [4.69, 9.17) is 9.62 Å². The Bertz CT molecular complexity index is 2710. The number of hydrogen-bond donors (Lipinski definition) is 2. The van der Waals surface area contributed by atoms with Gasteiger partial charge < -0.3 is 38.5 Å². The average molecular weight is 1580 g/mol. The number of fused-ring (bicyclic) bond motifs is 2. The maximum Gasteiger partial charge on any atom is 0.303 e. The molecule has 2 N–H and O–H groups in total. The number of carbonyl (C=O) groups is 1. The van der Waals surface area contributed by atoms with Crippen molar-refractivity contribution in [1.82, 2.24) is 0 Å². The molecule has 2 aromatic carbocycles. The number of benzene rings is 2. The molecule has 0 amide bonds. The Morgan fingerprint density at radius 3 is 1.31 bits per heavy atom. The second-order valence-electron chi connectivity index (χ2n) is 15.3. The number of rotatable bonds is 40. The van der Waals surface area contributed by atoms with Crippen LogP contribution in [-0.4, -0.2) is 94.6 Å². The molecule has 0 aromatic heterocycles. The van der Waals surface area contributed by atoms with Crippen LogP contribution in [-0.2, 0) is 145 Å². The molecule has 0 aliphatic carbocycles. The molecule has 0 fully saturated rings. The van der Waals surface area contributed by atoms with Crippen LogP contribution in [0.3, 0.4) is 0 Å². The van der Waals surface area contributed by atoms with Crippen LogP contribution in [0.25, 0.3) is 0 Å². The lowest BCUT2D eigenvalue weighted by Crippen LogP contribution is -2.30. The van der Waals surface area contributed by atoms with Crippen LogP contribution in [0.2, 0.25) is 0 Å².